The molecule has 84 valence electrons. The van der Waals surface area contributed by atoms with E-state index in [1.165, 1.54) is 0 Å². The molecule has 0 aliphatic heterocycles. The zero-order chi connectivity index (χ0) is 11.5. The average Bonchev–Trinajstić information content (AvgIpc) is 2.64. The molecule has 7 heteroatoms. The third kappa shape index (κ3) is 2.27. The summed E-state index contributed by atoms with van der Waals surface area (Å²) in [4.78, 5) is 12.0. The number of hydrogen-bond acceptors (Lipinski definition) is 5. The first-order chi connectivity index (χ1) is 7.69. The molecule has 0 spiro atoms. The fourth-order valence-corrected chi connectivity index (χ4v) is 1.34. The second-order valence-electron chi connectivity index (χ2n) is 3.05. The Morgan fingerprint density at radius 3 is 2.81 bits per heavy atom. The first-order valence-corrected chi connectivity index (χ1v) is 5.10. The van der Waals surface area contributed by atoms with E-state index in [1.54, 1.807) is 17.1 Å². The van der Waals surface area contributed by atoms with Crippen molar-refractivity contribution in [2.24, 2.45) is 7.05 Å². The van der Waals surface area contributed by atoms with Crippen LogP contribution in [0.4, 0.5) is 0 Å². The number of hydrogen-bond donors (Lipinski definition) is 0. The van der Waals surface area contributed by atoms with Crippen molar-refractivity contribution in [2.75, 3.05) is 6.61 Å². The molecule has 0 saturated carbocycles. The summed E-state index contributed by atoms with van der Waals surface area (Å²) in [5, 5.41) is 4.14. The Morgan fingerprint density at radius 2 is 2.19 bits per heavy atom. The average molecular weight is 240 g/mol. The number of nitrogens with zero attached hydrogens (tertiary/aromatic N) is 5. The lowest BCUT2D eigenvalue weighted by atomic mass is 10.3. The molecular weight excluding hydrogens is 230 g/mol. The van der Waals surface area contributed by atoms with Crippen LogP contribution in [0.1, 0.15) is 6.92 Å². The van der Waals surface area contributed by atoms with Crippen LogP contribution in [0.15, 0.2) is 12.4 Å². The highest BCUT2D eigenvalue weighted by atomic mass is 35.5. The molecule has 2 heterocycles. The van der Waals surface area contributed by atoms with Crippen molar-refractivity contribution in [3.63, 3.8) is 0 Å². The van der Waals surface area contributed by atoms with Gasteiger partial charge in [0.1, 0.15) is 0 Å². The number of aromatic nitrogens is 5. The summed E-state index contributed by atoms with van der Waals surface area (Å²) in [7, 11) is 1.82. The Morgan fingerprint density at radius 1 is 1.38 bits per heavy atom. The van der Waals surface area contributed by atoms with Gasteiger partial charge in [0.05, 0.1) is 18.4 Å². The Bertz CT molecular complexity index is 498. The Hall–Kier alpha value is -1.69. The molecule has 6 nitrogen and oxygen atoms in total. The second kappa shape index (κ2) is 4.44. The zero-order valence-electron chi connectivity index (χ0n) is 8.88. The fourth-order valence-electron chi connectivity index (χ4n) is 1.19. The van der Waals surface area contributed by atoms with Crippen LogP contribution >= 0.6 is 11.6 Å². The van der Waals surface area contributed by atoms with E-state index in [4.69, 9.17) is 16.3 Å². The zero-order valence-corrected chi connectivity index (χ0v) is 9.64. The number of rotatable bonds is 3. The third-order valence-corrected chi connectivity index (χ3v) is 1.99. The van der Waals surface area contributed by atoms with E-state index in [0.29, 0.717) is 12.4 Å². The highest BCUT2D eigenvalue weighted by Crippen LogP contribution is 2.17. The van der Waals surface area contributed by atoms with E-state index in [0.717, 1.165) is 5.56 Å². The van der Waals surface area contributed by atoms with Gasteiger partial charge in [0.15, 0.2) is 5.82 Å². The molecule has 0 atom stereocenters. The van der Waals surface area contributed by atoms with Gasteiger partial charge in [-0.3, -0.25) is 4.68 Å². The molecule has 0 aliphatic carbocycles. The van der Waals surface area contributed by atoms with Gasteiger partial charge in [-0.15, -0.1) is 0 Å². The van der Waals surface area contributed by atoms with Gasteiger partial charge in [-0.1, -0.05) is 0 Å². The van der Waals surface area contributed by atoms with Gasteiger partial charge < -0.3 is 4.74 Å². The standard InChI is InChI=1S/C9H10ClN5O/c1-3-16-9-13-7(12-8(10)14-9)6-4-11-15(2)5-6/h4-5H,3H2,1-2H3. The maximum absolute atomic E-state index is 5.77. The lowest BCUT2D eigenvalue weighted by molar-refractivity contribution is 0.312. The highest BCUT2D eigenvalue weighted by molar-refractivity contribution is 6.28. The monoisotopic (exact) mass is 239 g/mol. The first kappa shape index (κ1) is 10.8. The Balaban J connectivity index is 2.40. The van der Waals surface area contributed by atoms with Crippen molar-refractivity contribution in [3.8, 4) is 17.4 Å². The molecule has 0 N–H and O–H groups in total. The highest BCUT2D eigenvalue weighted by Gasteiger charge is 2.09. The summed E-state index contributed by atoms with van der Waals surface area (Å²) in [6, 6.07) is 0.223. The molecule has 0 unspecified atom stereocenters. The molecule has 2 aromatic rings. The van der Waals surface area contributed by atoms with Crippen molar-refractivity contribution in [1.82, 2.24) is 24.7 Å². The largest absolute Gasteiger partial charge is 0.464 e. The molecule has 0 amide bonds. The van der Waals surface area contributed by atoms with E-state index < -0.39 is 0 Å². The van der Waals surface area contributed by atoms with Crippen LogP contribution in [-0.2, 0) is 7.05 Å². The van der Waals surface area contributed by atoms with Crippen molar-refractivity contribution in [3.05, 3.63) is 17.7 Å². The first-order valence-electron chi connectivity index (χ1n) is 4.72. The van der Waals surface area contributed by atoms with Crippen LogP contribution in [-0.4, -0.2) is 31.3 Å². The summed E-state index contributed by atoms with van der Waals surface area (Å²) in [6.07, 6.45) is 3.45. The predicted octanol–water partition coefficient (Wildman–Crippen LogP) is 1.32. The summed E-state index contributed by atoms with van der Waals surface area (Å²) in [5.74, 6) is 0.455. The number of ether oxygens (including phenoxy) is 1. The molecule has 2 rings (SSSR count). The fraction of sp³-hybridized carbons (Fsp3) is 0.333. The van der Waals surface area contributed by atoms with E-state index in [-0.39, 0.29) is 11.3 Å². The van der Waals surface area contributed by atoms with E-state index in [2.05, 4.69) is 20.1 Å². The summed E-state index contributed by atoms with van der Waals surface area (Å²) in [5.41, 5.74) is 0.771. The minimum absolute atomic E-state index is 0.109. The molecule has 0 bridgehead atoms. The molecule has 0 aromatic carbocycles. The Kier molecular flexibility index (Phi) is 3.00. The van der Waals surface area contributed by atoms with Gasteiger partial charge in [-0.05, 0) is 18.5 Å². The maximum Gasteiger partial charge on any atom is 0.321 e. The van der Waals surface area contributed by atoms with Crippen LogP contribution in [0, 0.1) is 0 Å². The van der Waals surface area contributed by atoms with Gasteiger partial charge in [-0.2, -0.15) is 20.1 Å². The SMILES string of the molecule is CCOc1nc(Cl)nc(-c2cnn(C)c2)n1. The molecule has 0 saturated heterocycles. The quantitative estimate of drug-likeness (QED) is 0.808. The lowest BCUT2D eigenvalue weighted by Gasteiger charge is -2.02. The molecule has 2 aromatic heterocycles. The normalized spacial score (nSPS) is 10.4. The lowest BCUT2D eigenvalue weighted by Crippen LogP contribution is -2.00. The van der Waals surface area contributed by atoms with Crippen LogP contribution < -0.4 is 4.74 Å². The second-order valence-corrected chi connectivity index (χ2v) is 3.38. The number of halogens is 1. The Labute approximate surface area is 97.3 Å². The maximum atomic E-state index is 5.77. The molecule has 0 radical (unpaired) electrons. The smallest absolute Gasteiger partial charge is 0.321 e. The summed E-state index contributed by atoms with van der Waals surface area (Å²) in [6.45, 7) is 2.33. The third-order valence-electron chi connectivity index (χ3n) is 1.82. The van der Waals surface area contributed by atoms with E-state index in [1.807, 2.05) is 14.0 Å². The number of aryl methyl sites for hydroxylation is 1. The minimum atomic E-state index is 0.109. The minimum Gasteiger partial charge on any atom is -0.464 e. The molecule has 0 fully saturated rings. The van der Waals surface area contributed by atoms with Gasteiger partial charge >= 0.3 is 6.01 Å². The van der Waals surface area contributed by atoms with Crippen molar-refractivity contribution in [2.45, 2.75) is 6.92 Å². The van der Waals surface area contributed by atoms with Gasteiger partial charge in [0.2, 0.25) is 5.28 Å². The predicted molar refractivity (Wildman–Crippen MR) is 58.2 cm³/mol. The molecule has 16 heavy (non-hydrogen) atoms. The van der Waals surface area contributed by atoms with E-state index in [9.17, 15) is 0 Å². The summed E-state index contributed by atoms with van der Waals surface area (Å²) >= 11 is 5.77. The van der Waals surface area contributed by atoms with Crippen LogP contribution in [0.5, 0.6) is 6.01 Å². The van der Waals surface area contributed by atoms with E-state index >= 15 is 0 Å². The van der Waals surface area contributed by atoms with Crippen LogP contribution in [0.25, 0.3) is 11.4 Å². The van der Waals surface area contributed by atoms with Crippen LogP contribution in [0.3, 0.4) is 0 Å². The van der Waals surface area contributed by atoms with Gasteiger partial charge in [0, 0.05) is 13.2 Å². The van der Waals surface area contributed by atoms with Gasteiger partial charge in [0.25, 0.3) is 0 Å². The summed E-state index contributed by atoms with van der Waals surface area (Å²) < 4.78 is 6.84. The molecule has 0 aliphatic rings. The van der Waals surface area contributed by atoms with Crippen molar-refractivity contribution < 1.29 is 4.74 Å². The van der Waals surface area contributed by atoms with Crippen LogP contribution in [0.2, 0.25) is 5.28 Å². The molecular formula is C9H10ClN5O. The van der Waals surface area contributed by atoms with Gasteiger partial charge in [-0.25, -0.2) is 0 Å². The van der Waals surface area contributed by atoms with Crippen molar-refractivity contribution >= 4 is 11.6 Å². The topological polar surface area (TPSA) is 65.7 Å². The van der Waals surface area contributed by atoms with Crippen molar-refractivity contribution in [1.29, 1.82) is 0 Å².